The number of rotatable bonds is 9. The van der Waals surface area contributed by atoms with Crippen molar-refractivity contribution < 1.29 is 14.4 Å². The Hall–Kier alpha value is -4.31. The molecule has 4 heteroatoms. The second-order valence-corrected chi connectivity index (χ2v) is 6.60. The molecule has 0 N–H and O–H groups in total. The van der Waals surface area contributed by atoms with Crippen molar-refractivity contribution >= 4 is 54.1 Å². The Bertz CT molecular complexity index is 960. The van der Waals surface area contributed by atoms with Gasteiger partial charge in [0.2, 0.25) is 0 Å². The molecular formula is C27H21NO3. The first-order chi connectivity index (χ1) is 15.2. The summed E-state index contributed by atoms with van der Waals surface area (Å²) in [6, 6.07) is 23.6. The molecule has 0 aliphatic rings. The minimum Gasteiger partial charge on any atom is -0.311 e. The number of aldehydes is 3. The van der Waals surface area contributed by atoms with Gasteiger partial charge in [0.05, 0.1) is 0 Å². The molecule has 0 radical (unpaired) electrons. The van der Waals surface area contributed by atoms with Gasteiger partial charge >= 0.3 is 0 Å². The van der Waals surface area contributed by atoms with E-state index in [9.17, 15) is 14.4 Å². The number of carbonyl (C=O) groups is 3. The molecule has 4 nitrogen and oxygen atoms in total. The summed E-state index contributed by atoms with van der Waals surface area (Å²) in [7, 11) is 0. The van der Waals surface area contributed by atoms with Crippen LogP contribution < -0.4 is 4.90 Å². The van der Waals surface area contributed by atoms with Crippen molar-refractivity contribution in [2.24, 2.45) is 0 Å². The minimum atomic E-state index is 0.751. The standard InChI is InChI=1S/C27H21NO3/c29-19-1-4-22-7-13-25(14-8-22)28(26-15-9-23(10-16-26)5-2-20-30)27-17-11-24(12-18-27)6-3-21-31/h1-21H. The van der Waals surface area contributed by atoms with E-state index in [4.69, 9.17) is 0 Å². The van der Waals surface area contributed by atoms with Crippen LogP contribution in [0.3, 0.4) is 0 Å². The van der Waals surface area contributed by atoms with E-state index in [0.717, 1.165) is 52.6 Å². The highest BCUT2D eigenvalue weighted by Gasteiger charge is 2.12. The van der Waals surface area contributed by atoms with Gasteiger partial charge in [-0.3, -0.25) is 14.4 Å². The average Bonchev–Trinajstić information content (AvgIpc) is 2.82. The average molecular weight is 407 g/mol. The predicted octanol–water partition coefficient (Wildman–Crippen LogP) is 5.79. The highest BCUT2D eigenvalue weighted by Crippen LogP contribution is 2.35. The zero-order chi connectivity index (χ0) is 21.9. The maximum absolute atomic E-state index is 10.6. The summed E-state index contributed by atoms with van der Waals surface area (Å²) in [4.78, 5) is 33.8. The van der Waals surface area contributed by atoms with Crippen molar-refractivity contribution in [1.29, 1.82) is 0 Å². The number of carbonyl (C=O) groups excluding carboxylic acids is 3. The molecule has 3 aromatic carbocycles. The van der Waals surface area contributed by atoms with Crippen LogP contribution in [0, 0.1) is 0 Å². The van der Waals surface area contributed by atoms with E-state index in [1.165, 1.54) is 18.2 Å². The Morgan fingerprint density at radius 2 is 0.677 bits per heavy atom. The van der Waals surface area contributed by atoms with Crippen molar-refractivity contribution in [3.63, 3.8) is 0 Å². The summed E-state index contributed by atoms with van der Waals surface area (Å²) in [5, 5.41) is 0. The highest BCUT2D eigenvalue weighted by atomic mass is 16.1. The summed E-state index contributed by atoms with van der Waals surface area (Å²) < 4.78 is 0. The van der Waals surface area contributed by atoms with Crippen molar-refractivity contribution in [2.45, 2.75) is 0 Å². The van der Waals surface area contributed by atoms with Gasteiger partial charge in [0.1, 0.15) is 18.9 Å². The quantitative estimate of drug-likeness (QED) is 0.333. The molecule has 3 aromatic rings. The molecule has 0 saturated carbocycles. The minimum absolute atomic E-state index is 0.751. The lowest BCUT2D eigenvalue weighted by atomic mass is 10.1. The van der Waals surface area contributed by atoms with Crippen LogP contribution >= 0.6 is 0 Å². The largest absolute Gasteiger partial charge is 0.311 e. The van der Waals surface area contributed by atoms with E-state index < -0.39 is 0 Å². The molecule has 0 unspecified atom stereocenters. The van der Waals surface area contributed by atoms with Crippen molar-refractivity contribution in [3.05, 3.63) is 108 Å². The molecule has 0 heterocycles. The van der Waals surface area contributed by atoms with Crippen LogP contribution in [-0.4, -0.2) is 18.9 Å². The second-order valence-electron chi connectivity index (χ2n) is 6.60. The summed E-state index contributed by atoms with van der Waals surface area (Å²) in [6.07, 6.45) is 11.9. The van der Waals surface area contributed by atoms with Gasteiger partial charge in [0.25, 0.3) is 0 Å². The first-order valence-electron chi connectivity index (χ1n) is 9.71. The molecule has 0 aliphatic heterocycles. The Balaban J connectivity index is 2.01. The van der Waals surface area contributed by atoms with Crippen LogP contribution in [0.15, 0.2) is 91.0 Å². The van der Waals surface area contributed by atoms with Crippen LogP contribution in [0.4, 0.5) is 17.1 Å². The highest BCUT2D eigenvalue weighted by molar-refractivity contribution is 5.80. The molecule has 0 aliphatic carbocycles. The first kappa shape index (κ1) is 21.4. The smallest absolute Gasteiger partial charge is 0.142 e. The van der Waals surface area contributed by atoms with Gasteiger partial charge in [0.15, 0.2) is 0 Å². The SMILES string of the molecule is O=CC=Cc1ccc(N(c2ccc(C=CC=O)cc2)c2ccc(C=CC=O)cc2)cc1. The van der Waals surface area contributed by atoms with Gasteiger partial charge in [0, 0.05) is 17.1 Å². The van der Waals surface area contributed by atoms with Gasteiger partial charge < -0.3 is 4.90 Å². The van der Waals surface area contributed by atoms with Crippen LogP contribution in [0.25, 0.3) is 18.2 Å². The molecule has 0 amide bonds. The third kappa shape index (κ3) is 5.84. The summed E-state index contributed by atoms with van der Waals surface area (Å²) in [5.74, 6) is 0. The van der Waals surface area contributed by atoms with Crippen LogP contribution in [0.5, 0.6) is 0 Å². The van der Waals surface area contributed by atoms with Crippen molar-refractivity contribution in [2.75, 3.05) is 4.90 Å². The van der Waals surface area contributed by atoms with E-state index in [1.54, 1.807) is 18.2 Å². The van der Waals surface area contributed by atoms with Crippen molar-refractivity contribution in [3.8, 4) is 0 Å². The molecule has 152 valence electrons. The lowest BCUT2D eigenvalue weighted by Crippen LogP contribution is -2.09. The van der Waals surface area contributed by atoms with E-state index in [-0.39, 0.29) is 0 Å². The zero-order valence-electron chi connectivity index (χ0n) is 16.8. The molecule has 0 aromatic heterocycles. The molecule has 3 rings (SSSR count). The normalized spacial score (nSPS) is 11.2. The van der Waals surface area contributed by atoms with Gasteiger partial charge in [-0.05, 0) is 71.3 Å². The number of anilines is 3. The fourth-order valence-corrected chi connectivity index (χ4v) is 3.10. The monoisotopic (exact) mass is 407 g/mol. The van der Waals surface area contributed by atoms with E-state index in [1.807, 2.05) is 72.8 Å². The summed E-state index contributed by atoms with van der Waals surface area (Å²) in [6.45, 7) is 0. The van der Waals surface area contributed by atoms with E-state index in [0.29, 0.717) is 0 Å². The topological polar surface area (TPSA) is 54.5 Å². The van der Waals surface area contributed by atoms with Crippen LogP contribution in [-0.2, 0) is 14.4 Å². The lowest BCUT2D eigenvalue weighted by Gasteiger charge is -2.26. The molecule has 31 heavy (non-hydrogen) atoms. The zero-order valence-corrected chi connectivity index (χ0v) is 16.8. The Kier molecular flexibility index (Phi) is 7.61. The maximum atomic E-state index is 10.6. The number of nitrogens with zero attached hydrogens (tertiary/aromatic N) is 1. The fraction of sp³-hybridized carbons (Fsp3) is 0. The first-order valence-corrected chi connectivity index (χ1v) is 9.71. The maximum Gasteiger partial charge on any atom is 0.142 e. The van der Waals surface area contributed by atoms with E-state index in [2.05, 4.69) is 4.90 Å². The van der Waals surface area contributed by atoms with Gasteiger partial charge in [-0.15, -0.1) is 0 Å². The van der Waals surface area contributed by atoms with Gasteiger partial charge in [-0.1, -0.05) is 54.6 Å². The van der Waals surface area contributed by atoms with Crippen LogP contribution in [0.1, 0.15) is 16.7 Å². The number of allylic oxidation sites excluding steroid dienone is 3. The van der Waals surface area contributed by atoms with Gasteiger partial charge in [-0.25, -0.2) is 0 Å². The Labute approximate surface area is 181 Å². The predicted molar refractivity (Wildman–Crippen MR) is 126 cm³/mol. The Morgan fingerprint density at radius 1 is 0.419 bits per heavy atom. The van der Waals surface area contributed by atoms with Crippen molar-refractivity contribution in [1.82, 2.24) is 0 Å². The van der Waals surface area contributed by atoms with E-state index >= 15 is 0 Å². The summed E-state index contributed by atoms with van der Waals surface area (Å²) >= 11 is 0. The molecule has 0 saturated heterocycles. The molecule has 0 bridgehead atoms. The number of hydrogen-bond donors (Lipinski definition) is 0. The van der Waals surface area contributed by atoms with Crippen LogP contribution in [0.2, 0.25) is 0 Å². The molecule has 0 spiro atoms. The number of benzene rings is 3. The van der Waals surface area contributed by atoms with Gasteiger partial charge in [-0.2, -0.15) is 0 Å². The molecule has 0 fully saturated rings. The fourth-order valence-electron chi connectivity index (χ4n) is 3.10. The Morgan fingerprint density at radius 3 is 0.903 bits per heavy atom. The summed E-state index contributed by atoms with van der Waals surface area (Å²) in [5.41, 5.74) is 5.65. The molecular weight excluding hydrogens is 386 g/mol. The third-order valence-electron chi connectivity index (χ3n) is 4.56. The number of hydrogen-bond acceptors (Lipinski definition) is 4. The lowest BCUT2D eigenvalue weighted by molar-refractivity contribution is -0.104. The second kappa shape index (κ2) is 11.0. The molecule has 0 atom stereocenters. The third-order valence-corrected chi connectivity index (χ3v) is 4.56.